The van der Waals surface area contributed by atoms with Crippen LogP contribution in [0.15, 0.2) is 35.3 Å². The smallest absolute Gasteiger partial charge is 0.347 e. The molecule has 2 rings (SSSR count). The number of aliphatic hydroxyl groups is 1. The van der Waals surface area contributed by atoms with Crippen molar-refractivity contribution in [3.8, 4) is 0 Å². The summed E-state index contributed by atoms with van der Waals surface area (Å²) in [4.78, 5) is 25.0. The van der Waals surface area contributed by atoms with E-state index in [1.807, 2.05) is 11.4 Å². The standard InChI is InChI=1S/C10H10N2O3.C5H11N/c13-7-9(14)12-10(15)11-6-8-4-2-1-3-5-8;1-2-4-6-5-3-1/h1-6,13H,7H2,(H,12,14,15);6H,1-5H2. The van der Waals surface area contributed by atoms with Crippen molar-refractivity contribution in [2.45, 2.75) is 19.3 Å². The first-order chi connectivity index (χ1) is 10.2. The van der Waals surface area contributed by atoms with Crippen LogP contribution in [-0.4, -0.2) is 43.0 Å². The third-order valence-electron chi connectivity index (χ3n) is 2.73. The molecule has 1 aliphatic rings. The van der Waals surface area contributed by atoms with Gasteiger partial charge in [-0.25, -0.2) is 9.79 Å². The first-order valence-corrected chi connectivity index (χ1v) is 6.97. The molecule has 0 unspecified atom stereocenters. The number of aliphatic imine (C=N–C) groups is 1. The van der Waals surface area contributed by atoms with Crippen molar-refractivity contribution < 1.29 is 14.7 Å². The molecule has 0 aromatic heterocycles. The van der Waals surface area contributed by atoms with E-state index in [0.29, 0.717) is 0 Å². The molecule has 6 nitrogen and oxygen atoms in total. The molecule has 1 aliphatic heterocycles. The summed E-state index contributed by atoms with van der Waals surface area (Å²) in [5.74, 6) is -0.773. The van der Waals surface area contributed by atoms with Gasteiger partial charge in [-0.1, -0.05) is 36.8 Å². The van der Waals surface area contributed by atoms with Crippen molar-refractivity contribution in [1.82, 2.24) is 10.6 Å². The van der Waals surface area contributed by atoms with E-state index in [1.54, 1.807) is 24.3 Å². The average molecular weight is 291 g/mol. The molecule has 21 heavy (non-hydrogen) atoms. The molecule has 114 valence electrons. The molecule has 1 heterocycles. The maximum Gasteiger partial charge on any atom is 0.347 e. The number of carbonyl (C=O) groups excluding carboxylic acids is 2. The Morgan fingerprint density at radius 1 is 1.19 bits per heavy atom. The zero-order valence-electron chi connectivity index (χ0n) is 11.9. The second-order valence-corrected chi connectivity index (χ2v) is 4.49. The van der Waals surface area contributed by atoms with Gasteiger partial charge in [0.15, 0.2) is 0 Å². The summed E-state index contributed by atoms with van der Waals surface area (Å²) in [5.41, 5.74) is 0.754. The Morgan fingerprint density at radius 2 is 1.86 bits per heavy atom. The highest BCUT2D eigenvalue weighted by Gasteiger charge is 2.02. The van der Waals surface area contributed by atoms with Gasteiger partial charge < -0.3 is 10.4 Å². The lowest BCUT2D eigenvalue weighted by atomic mass is 10.2. The van der Waals surface area contributed by atoms with Gasteiger partial charge in [-0.2, -0.15) is 0 Å². The molecule has 0 aliphatic carbocycles. The van der Waals surface area contributed by atoms with Crippen molar-refractivity contribution in [2.75, 3.05) is 19.7 Å². The second-order valence-electron chi connectivity index (χ2n) is 4.49. The molecule has 6 heteroatoms. The van der Waals surface area contributed by atoms with Gasteiger partial charge in [0, 0.05) is 6.21 Å². The van der Waals surface area contributed by atoms with Crippen LogP contribution >= 0.6 is 0 Å². The number of piperidine rings is 1. The highest BCUT2D eigenvalue weighted by atomic mass is 16.3. The average Bonchev–Trinajstić information content (AvgIpc) is 2.56. The minimum Gasteiger partial charge on any atom is -0.387 e. The van der Waals surface area contributed by atoms with Crippen molar-refractivity contribution in [1.29, 1.82) is 0 Å². The first-order valence-electron chi connectivity index (χ1n) is 6.97. The molecule has 0 bridgehead atoms. The largest absolute Gasteiger partial charge is 0.387 e. The van der Waals surface area contributed by atoms with Crippen LogP contribution in [0.1, 0.15) is 24.8 Å². The van der Waals surface area contributed by atoms with E-state index in [9.17, 15) is 9.59 Å². The quantitative estimate of drug-likeness (QED) is 0.711. The molecule has 0 saturated carbocycles. The van der Waals surface area contributed by atoms with Crippen LogP contribution in [0.3, 0.4) is 0 Å². The van der Waals surface area contributed by atoms with Crippen LogP contribution in [0.5, 0.6) is 0 Å². The van der Waals surface area contributed by atoms with Crippen LogP contribution < -0.4 is 10.6 Å². The van der Waals surface area contributed by atoms with E-state index >= 15 is 0 Å². The third-order valence-corrected chi connectivity index (χ3v) is 2.73. The number of amides is 3. The van der Waals surface area contributed by atoms with E-state index in [2.05, 4.69) is 10.3 Å². The van der Waals surface area contributed by atoms with Gasteiger partial charge in [0.05, 0.1) is 0 Å². The van der Waals surface area contributed by atoms with E-state index in [-0.39, 0.29) is 0 Å². The summed E-state index contributed by atoms with van der Waals surface area (Å²) >= 11 is 0. The van der Waals surface area contributed by atoms with Gasteiger partial charge >= 0.3 is 6.03 Å². The van der Waals surface area contributed by atoms with Crippen molar-refractivity contribution in [2.24, 2.45) is 4.99 Å². The molecule has 0 atom stereocenters. The summed E-state index contributed by atoms with van der Waals surface area (Å²) in [6, 6.07) is 8.19. The maximum absolute atomic E-state index is 10.9. The van der Waals surface area contributed by atoms with E-state index < -0.39 is 18.5 Å². The Morgan fingerprint density at radius 3 is 2.33 bits per heavy atom. The molecule has 1 saturated heterocycles. The lowest BCUT2D eigenvalue weighted by Crippen LogP contribution is -2.30. The summed E-state index contributed by atoms with van der Waals surface area (Å²) in [5, 5.41) is 13.5. The number of nitrogens with zero attached hydrogens (tertiary/aromatic N) is 1. The van der Waals surface area contributed by atoms with E-state index in [4.69, 9.17) is 5.11 Å². The molecular weight excluding hydrogens is 270 g/mol. The third kappa shape index (κ3) is 8.67. The number of hydrogen-bond acceptors (Lipinski definition) is 4. The Hall–Kier alpha value is -2.05. The SMILES string of the molecule is C1CCNCC1.O=C(CO)NC(=O)N=Cc1ccccc1. The Kier molecular flexibility index (Phi) is 8.67. The molecule has 0 radical (unpaired) electrons. The minimum atomic E-state index is -0.794. The van der Waals surface area contributed by atoms with Crippen molar-refractivity contribution >= 4 is 18.2 Å². The lowest BCUT2D eigenvalue weighted by Gasteiger charge is -2.08. The number of hydrogen-bond donors (Lipinski definition) is 3. The fourth-order valence-corrected chi connectivity index (χ4v) is 1.67. The topological polar surface area (TPSA) is 90.8 Å². The Bertz CT molecular complexity index is 445. The minimum absolute atomic E-state index is 0.730. The summed E-state index contributed by atoms with van der Waals surface area (Å²) in [6.07, 6.45) is 5.55. The summed E-state index contributed by atoms with van der Waals surface area (Å²) in [7, 11) is 0. The predicted molar refractivity (Wildman–Crippen MR) is 81.4 cm³/mol. The summed E-state index contributed by atoms with van der Waals surface area (Å²) in [6.45, 7) is 1.77. The Labute approximate surface area is 124 Å². The number of rotatable bonds is 2. The molecule has 1 fully saturated rings. The monoisotopic (exact) mass is 291 g/mol. The van der Waals surface area contributed by atoms with Crippen molar-refractivity contribution in [3.05, 3.63) is 35.9 Å². The molecule has 3 N–H and O–H groups in total. The van der Waals surface area contributed by atoms with Crippen LogP contribution in [0.2, 0.25) is 0 Å². The van der Waals surface area contributed by atoms with Gasteiger partial charge in [-0.3, -0.25) is 10.1 Å². The second kappa shape index (κ2) is 10.7. The zero-order chi connectivity index (χ0) is 15.3. The molecule has 3 amide bonds. The van der Waals surface area contributed by atoms with E-state index in [1.165, 1.54) is 38.6 Å². The van der Waals surface area contributed by atoms with Crippen LogP contribution in [0.25, 0.3) is 0 Å². The fourth-order valence-electron chi connectivity index (χ4n) is 1.67. The van der Waals surface area contributed by atoms with Gasteiger partial charge in [-0.15, -0.1) is 0 Å². The number of carbonyl (C=O) groups is 2. The predicted octanol–water partition coefficient (Wildman–Crippen LogP) is 1.09. The van der Waals surface area contributed by atoms with Crippen LogP contribution in [-0.2, 0) is 4.79 Å². The van der Waals surface area contributed by atoms with Gasteiger partial charge in [0.25, 0.3) is 5.91 Å². The fraction of sp³-hybridized carbons (Fsp3) is 0.400. The van der Waals surface area contributed by atoms with Gasteiger partial charge in [0.1, 0.15) is 6.61 Å². The highest BCUT2D eigenvalue weighted by molar-refractivity contribution is 5.99. The van der Waals surface area contributed by atoms with Crippen molar-refractivity contribution in [3.63, 3.8) is 0 Å². The lowest BCUT2D eigenvalue weighted by molar-refractivity contribution is -0.122. The Balaban J connectivity index is 0.000000304. The van der Waals surface area contributed by atoms with Crippen LogP contribution in [0, 0.1) is 0 Å². The first kappa shape index (κ1) is 17.0. The van der Waals surface area contributed by atoms with Crippen LogP contribution in [0.4, 0.5) is 4.79 Å². The number of nitrogens with one attached hydrogen (secondary N) is 2. The highest BCUT2D eigenvalue weighted by Crippen LogP contribution is 1.96. The molecule has 1 aromatic carbocycles. The summed E-state index contributed by atoms with van der Waals surface area (Å²) < 4.78 is 0. The van der Waals surface area contributed by atoms with Gasteiger partial charge in [0.2, 0.25) is 0 Å². The molecular formula is C15H21N3O3. The number of benzene rings is 1. The molecule has 0 spiro atoms. The van der Waals surface area contributed by atoms with Gasteiger partial charge in [-0.05, 0) is 31.5 Å². The maximum atomic E-state index is 10.9. The molecule has 1 aromatic rings. The van der Waals surface area contributed by atoms with E-state index in [0.717, 1.165) is 5.56 Å². The zero-order valence-corrected chi connectivity index (χ0v) is 11.9. The normalized spacial score (nSPS) is 14.1. The number of imide groups is 1. The number of urea groups is 1. The number of aliphatic hydroxyl groups excluding tert-OH is 1.